The Balaban J connectivity index is 2.19. The zero-order valence-corrected chi connectivity index (χ0v) is 9.12. The third kappa shape index (κ3) is 4.57. The molecule has 0 bridgehead atoms. The van der Waals surface area contributed by atoms with Crippen LogP contribution in [0.2, 0.25) is 0 Å². The molecule has 5 heavy (non-hydrogen) atoms. The van der Waals surface area contributed by atoms with Gasteiger partial charge in [-0.3, -0.25) is 0 Å². The predicted octanol–water partition coefficient (Wildman–Crippen LogP) is -4.27. The van der Waals surface area contributed by atoms with Crippen LogP contribution in [-0.2, 0) is 0 Å². The highest BCUT2D eigenvalue weighted by Gasteiger charge is 1.63. The Kier molecular flexibility index (Phi) is 5.09. The first-order valence-corrected chi connectivity index (χ1v) is 5.12. The lowest BCUT2D eigenvalue weighted by Crippen LogP contribution is -2.28. The zero-order chi connectivity index (χ0) is 4.12. The van der Waals surface area contributed by atoms with Crippen LogP contribution in [0.5, 0.6) is 0 Å². The molecular formula is H10N2Si3. The topological polar surface area (TPSA) is 24.1 Å². The quantitative estimate of drug-likeness (QED) is 0.362. The SMILES string of the molecule is [SiH3]N[SiH2]N[SiH3]. The molecule has 0 heterocycles. The third-order valence-electron chi connectivity index (χ3n) is 0.354. The number of rotatable bonds is 2. The van der Waals surface area contributed by atoms with E-state index < -0.39 is 0 Å². The minimum absolute atomic E-state index is 0.0556. The summed E-state index contributed by atoms with van der Waals surface area (Å²) in [5.41, 5.74) is 0. The van der Waals surface area contributed by atoms with E-state index >= 15 is 0 Å². The molecule has 32 valence electrons. The lowest BCUT2D eigenvalue weighted by Gasteiger charge is -1.87. The van der Waals surface area contributed by atoms with E-state index in [-0.39, 0.29) is 9.84 Å². The van der Waals surface area contributed by atoms with Crippen LogP contribution in [0.1, 0.15) is 0 Å². The minimum atomic E-state index is 0.0556. The van der Waals surface area contributed by atoms with Crippen molar-refractivity contribution in [1.82, 2.24) is 9.30 Å². The highest BCUT2D eigenvalue weighted by molar-refractivity contribution is 6.46. The second kappa shape index (κ2) is 4.57. The molecule has 2 N–H and O–H groups in total. The molecule has 0 saturated heterocycles. The number of hydrogen-bond acceptors (Lipinski definition) is 2. The van der Waals surface area contributed by atoms with Crippen molar-refractivity contribution in [1.29, 1.82) is 0 Å². The summed E-state index contributed by atoms with van der Waals surface area (Å²) in [4.78, 5) is 0. The molecule has 5 heteroatoms. The van der Waals surface area contributed by atoms with E-state index in [1.54, 1.807) is 0 Å². The first kappa shape index (κ1) is 5.57. The molecular weight excluding hydrogens is 112 g/mol. The van der Waals surface area contributed by atoms with Crippen molar-refractivity contribution in [2.45, 2.75) is 0 Å². The molecule has 0 radical (unpaired) electrons. The number of hydrogen-bond donors (Lipinski definition) is 2. The van der Waals surface area contributed by atoms with Gasteiger partial charge in [-0.2, -0.15) is 0 Å². The van der Waals surface area contributed by atoms with Gasteiger partial charge in [-0.1, -0.05) is 0 Å². The average molecular weight is 122 g/mol. The molecule has 0 fully saturated rings. The van der Waals surface area contributed by atoms with Crippen LogP contribution in [-0.4, -0.2) is 30.7 Å². The van der Waals surface area contributed by atoms with Crippen molar-refractivity contribution < 1.29 is 0 Å². The van der Waals surface area contributed by atoms with Crippen LogP contribution in [0.3, 0.4) is 0 Å². The van der Waals surface area contributed by atoms with E-state index in [1.807, 2.05) is 0 Å². The molecule has 0 atom stereocenters. The summed E-state index contributed by atoms with van der Waals surface area (Å²) >= 11 is 0. The summed E-state index contributed by atoms with van der Waals surface area (Å²) in [7, 11) is 2.40. The van der Waals surface area contributed by atoms with Gasteiger partial charge in [0.15, 0.2) is 9.84 Å². The smallest absolute Gasteiger partial charge is 0.153 e. The Morgan fingerprint density at radius 1 is 1.20 bits per heavy atom. The van der Waals surface area contributed by atoms with E-state index in [4.69, 9.17) is 0 Å². The van der Waals surface area contributed by atoms with E-state index in [1.165, 1.54) is 20.8 Å². The summed E-state index contributed by atoms with van der Waals surface area (Å²) in [5.74, 6) is 0. The summed E-state index contributed by atoms with van der Waals surface area (Å²) < 4.78 is 6.44. The average Bonchev–Trinajstić information content (AvgIpc) is 1.41. The Hall–Kier alpha value is 0.571. The molecule has 0 saturated carbocycles. The monoisotopic (exact) mass is 122 g/mol. The normalized spacial score (nSPS) is 12.0. The predicted molar refractivity (Wildman–Crippen MR) is 34.7 cm³/mol. The van der Waals surface area contributed by atoms with Gasteiger partial charge in [0.2, 0.25) is 0 Å². The second-order valence-corrected chi connectivity index (χ2v) is 6.89. The van der Waals surface area contributed by atoms with E-state index in [0.717, 1.165) is 0 Å². The fourth-order valence-electron chi connectivity index (χ4n) is 0.177. The standard InChI is InChI=1S/H10N2Si3/c3-1-5-2-4/h1-2H,5H2,3-4H3. The van der Waals surface area contributed by atoms with Crippen LogP contribution in [0.25, 0.3) is 0 Å². The van der Waals surface area contributed by atoms with Crippen LogP contribution in [0.15, 0.2) is 0 Å². The summed E-state index contributed by atoms with van der Waals surface area (Å²) in [6.07, 6.45) is 0. The zero-order valence-electron chi connectivity index (χ0n) is 3.71. The molecule has 0 rings (SSSR count). The Morgan fingerprint density at radius 2 is 1.60 bits per heavy atom. The van der Waals surface area contributed by atoms with Gasteiger partial charge in [0.25, 0.3) is 0 Å². The van der Waals surface area contributed by atoms with E-state index in [2.05, 4.69) is 9.30 Å². The van der Waals surface area contributed by atoms with Gasteiger partial charge in [-0.05, 0) is 0 Å². The Labute approximate surface area is 40.7 Å². The maximum Gasteiger partial charge on any atom is 0.153 e. The van der Waals surface area contributed by atoms with Crippen molar-refractivity contribution in [3.63, 3.8) is 0 Å². The Bertz CT molecular complexity index is 12.4. The summed E-state index contributed by atoms with van der Waals surface area (Å²) in [6, 6.07) is 0. The lowest BCUT2D eigenvalue weighted by atomic mass is 13.8. The van der Waals surface area contributed by atoms with Gasteiger partial charge in [-0.25, -0.2) is 0 Å². The van der Waals surface area contributed by atoms with Crippen LogP contribution < -0.4 is 9.30 Å². The highest BCUT2D eigenvalue weighted by atomic mass is 28.3. The molecule has 2 nitrogen and oxygen atoms in total. The van der Waals surface area contributed by atoms with Crippen LogP contribution in [0.4, 0.5) is 0 Å². The molecule has 0 aromatic heterocycles. The lowest BCUT2D eigenvalue weighted by molar-refractivity contribution is 1.47. The molecule has 0 spiro atoms. The maximum atomic E-state index is 3.22. The van der Waals surface area contributed by atoms with Crippen molar-refractivity contribution in [2.24, 2.45) is 0 Å². The molecule has 0 aliphatic carbocycles. The first-order chi connectivity index (χ1) is 2.41. The molecule has 0 aromatic rings. The molecule has 0 aliphatic heterocycles. The molecule has 0 unspecified atom stereocenters. The van der Waals surface area contributed by atoms with Gasteiger partial charge in [0, 0.05) is 0 Å². The third-order valence-corrected chi connectivity index (χ3v) is 3.18. The van der Waals surface area contributed by atoms with Gasteiger partial charge in [0.05, 0.1) is 20.8 Å². The molecule has 0 aliphatic rings. The van der Waals surface area contributed by atoms with Crippen LogP contribution in [0, 0.1) is 0 Å². The van der Waals surface area contributed by atoms with Crippen molar-refractivity contribution in [3.05, 3.63) is 0 Å². The van der Waals surface area contributed by atoms with Gasteiger partial charge in [0.1, 0.15) is 0 Å². The first-order valence-electron chi connectivity index (χ1n) is 1.71. The molecule has 0 amide bonds. The van der Waals surface area contributed by atoms with E-state index in [9.17, 15) is 0 Å². The largest absolute Gasteiger partial charge is 0.360 e. The minimum Gasteiger partial charge on any atom is -0.360 e. The fourth-order valence-corrected chi connectivity index (χ4v) is 4.77. The van der Waals surface area contributed by atoms with Gasteiger partial charge in [-0.15, -0.1) is 0 Å². The second-order valence-electron chi connectivity index (χ2n) is 0.884. The van der Waals surface area contributed by atoms with Crippen molar-refractivity contribution in [2.75, 3.05) is 0 Å². The fraction of sp³-hybridized carbons (Fsp3) is 0. The number of nitrogens with one attached hydrogen (secondary N) is 2. The van der Waals surface area contributed by atoms with E-state index in [0.29, 0.717) is 0 Å². The van der Waals surface area contributed by atoms with Gasteiger partial charge >= 0.3 is 0 Å². The Morgan fingerprint density at radius 3 is 1.60 bits per heavy atom. The summed E-state index contributed by atoms with van der Waals surface area (Å²) in [6.45, 7) is 0. The van der Waals surface area contributed by atoms with Crippen molar-refractivity contribution in [3.8, 4) is 0 Å². The van der Waals surface area contributed by atoms with Gasteiger partial charge < -0.3 is 9.30 Å². The maximum absolute atomic E-state index is 3.22. The highest BCUT2D eigenvalue weighted by Crippen LogP contribution is 1.20. The van der Waals surface area contributed by atoms with Crippen LogP contribution >= 0.6 is 0 Å². The molecule has 0 aromatic carbocycles. The van der Waals surface area contributed by atoms with Crippen molar-refractivity contribution >= 4 is 30.7 Å². The summed E-state index contributed by atoms with van der Waals surface area (Å²) in [5, 5.41) is 0.